The average molecular weight is 259 g/mol. The summed E-state index contributed by atoms with van der Waals surface area (Å²) in [6.07, 6.45) is 0. The maximum atomic E-state index is 12.9. The Morgan fingerprint density at radius 1 is 0.688 bits per heavy atom. The summed E-state index contributed by atoms with van der Waals surface area (Å²) in [6, 6.07) is 7.96. The van der Waals surface area contributed by atoms with Gasteiger partial charge in [0.25, 0.3) is 0 Å². The molecule has 0 radical (unpaired) electrons. The van der Waals surface area contributed by atoms with Crippen molar-refractivity contribution in [2.45, 2.75) is 0 Å². The van der Waals surface area contributed by atoms with Gasteiger partial charge in [-0.25, -0.2) is 8.78 Å². The topological polar surface area (TPSA) is 0 Å². The third kappa shape index (κ3) is 2.18. The first kappa shape index (κ1) is 11.4. The van der Waals surface area contributed by atoms with E-state index in [0.29, 0.717) is 11.1 Å². The van der Waals surface area contributed by atoms with Crippen molar-refractivity contribution in [3.8, 4) is 11.1 Å². The number of benzene rings is 2. The Labute approximate surface area is 101 Å². The van der Waals surface area contributed by atoms with Crippen LogP contribution in [0.1, 0.15) is 0 Å². The fraction of sp³-hybridized carbons (Fsp3) is 0. The van der Waals surface area contributed by atoms with Crippen molar-refractivity contribution in [2.24, 2.45) is 0 Å². The Hall–Kier alpha value is -1.12. The highest BCUT2D eigenvalue weighted by Crippen LogP contribution is 2.33. The molecule has 0 bridgehead atoms. The molecule has 0 amide bonds. The van der Waals surface area contributed by atoms with Crippen molar-refractivity contribution in [2.75, 3.05) is 0 Å². The van der Waals surface area contributed by atoms with E-state index >= 15 is 0 Å². The van der Waals surface area contributed by atoms with E-state index in [1.54, 1.807) is 0 Å². The molecule has 0 spiro atoms. The van der Waals surface area contributed by atoms with Gasteiger partial charge in [-0.05, 0) is 36.4 Å². The van der Waals surface area contributed by atoms with Gasteiger partial charge in [0.15, 0.2) is 0 Å². The highest BCUT2D eigenvalue weighted by Gasteiger charge is 2.09. The van der Waals surface area contributed by atoms with Crippen LogP contribution < -0.4 is 0 Å². The van der Waals surface area contributed by atoms with Crippen LogP contribution in [-0.4, -0.2) is 0 Å². The van der Waals surface area contributed by atoms with Gasteiger partial charge in [-0.3, -0.25) is 0 Å². The van der Waals surface area contributed by atoms with E-state index < -0.39 is 11.6 Å². The second kappa shape index (κ2) is 4.40. The minimum Gasteiger partial charge on any atom is -0.207 e. The zero-order valence-electron chi connectivity index (χ0n) is 7.98. The van der Waals surface area contributed by atoms with Crippen LogP contribution in [-0.2, 0) is 0 Å². The van der Waals surface area contributed by atoms with Crippen LogP contribution in [0.15, 0.2) is 36.4 Å². The van der Waals surface area contributed by atoms with Crippen LogP contribution >= 0.6 is 23.2 Å². The molecule has 0 aliphatic carbocycles. The largest absolute Gasteiger partial charge is 0.207 e. The first-order valence-corrected chi connectivity index (χ1v) is 5.24. The number of halogens is 4. The van der Waals surface area contributed by atoms with Crippen molar-refractivity contribution in [3.05, 3.63) is 58.1 Å². The van der Waals surface area contributed by atoms with E-state index in [1.165, 1.54) is 36.4 Å². The molecule has 0 aliphatic rings. The fourth-order valence-corrected chi connectivity index (χ4v) is 1.95. The van der Waals surface area contributed by atoms with E-state index in [-0.39, 0.29) is 10.0 Å². The van der Waals surface area contributed by atoms with Crippen molar-refractivity contribution in [1.29, 1.82) is 0 Å². The molecule has 0 heterocycles. The van der Waals surface area contributed by atoms with Crippen LogP contribution in [0.2, 0.25) is 10.0 Å². The lowest BCUT2D eigenvalue weighted by Gasteiger charge is -2.06. The fourth-order valence-electron chi connectivity index (χ4n) is 1.42. The van der Waals surface area contributed by atoms with Crippen LogP contribution in [0, 0.1) is 11.6 Å². The second-order valence-corrected chi connectivity index (χ2v) is 4.06. The van der Waals surface area contributed by atoms with Crippen LogP contribution in [0.4, 0.5) is 8.78 Å². The highest BCUT2D eigenvalue weighted by molar-refractivity contribution is 6.36. The Morgan fingerprint density at radius 2 is 1.06 bits per heavy atom. The predicted octanol–water partition coefficient (Wildman–Crippen LogP) is 4.94. The van der Waals surface area contributed by atoms with Crippen LogP contribution in [0.25, 0.3) is 11.1 Å². The third-order valence-electron chi connectivity index (χ3n) is 2.15. The molecular formula is C12H6Cl2F2. The standard InChI is InChI=1S/C12H6Cl2F2/c13-11-5-7(15)1-3-9(11)10-4-2-8(16)6-12(10)14/h1-6H. The molecule has 0 saturated heterocycles. The van der Waals surface area contributed by atoms with E-state index in [1.807, 2.05) is 0 Å². The van der Waals surface area contributed by atoms with Gasteiger partial charge in [-0.1, -0.05) is 23.2 Å². The minimum absolute atomic E-state index is 0.244. The molecule has 0 unspecified atom stereocenters. The number of hydrogen-bond donors (Lipinski definition) is 0. The Kier molecular flexibility index (Phi) is 3.13. The summed E-state index contributed by atoms with van der Waals surface area (Å²) in [5.41, 5.74) is 1.15. The van der Waals surface area contributed by atoms with Crippen molar-refractivity contribution in [3.63, 3.8) is 0 Å². The third-order valence-corrected chi connectivity index (χ3v) is 2.78. The predicted molar refractivity (Wildman–Crippen MR) is 61.8 cm³/mol. The molecule has 0 N–H and O–H groups in total. The van der Waals surface area contributed by atoms with Gasteiger partial charge in [-0.15, -0.1) is 0 Å². The summed E-state index contributed by atoms with van der Waals surface area (Å²) in [6.45, 7) is 0. The van der Waals surface area contributed by atoms with E-state index in [0.717, 1.165) is 0 Å². The zero-order valence-corrected chi connectivity index (χ0v) is 9.49. The molecule has 0 atom stereocenters. The summed E-state index contributed by atoms with van der Waals surface area (Å²) in [5, 5.41) is 0.488. The molecule has 0 fully saturated rings. The van der Waals surface area contributed by atoms with Gasteiger partial charge in [-0.2, -0.15) is 0 Å². The summed E-state index contributed by atoms with van der Waals surface area (Å²) in [7, 11) is 0. The molecule has 2 aromatic carbocycles. The molecule has 0 nitrogen and oxygen atoms in total. The Bertz CT molecular complexity index is 489. The van der Waals surface area contributed by atoms with Crippen LogP contribution in [0.3, 0.4) is 0 Å². The summed E-state index contributed by atoms with van der Waals surface area (Å²) in [5.74, 6) is -0.848. The van der Waals surface area contributed by atoms with Gasteiger partial charge in [0.2, 0.25) is 0 Å². The maximum Gasteiger partial charge on any atom is 0.124 e. The van der Waals surface area contributed by atoms with Gasteiger partial charge >= 0.3 is 0 Å². The molecule has 2 rings (SSSR count). The van der Waals surface area contributed by atoms with Gasteiger partial charge in [0.05, 0.1) is 10.0 Å². The average Bonchev–Trinajstić information content (AvgIpc) is 2.19. The molecule has 82 valence electrons. The Balaban J connectivity index is 2.59. The molecule has 4 heteroatoms. The van der Waals surface area contributed by atoms with E-state index in [9.17, 15) is 8.78 Å². The summed E-state index contributed by atoms with van der Waals surface area (Å²) in [4.78, 5) is 0. The number of hydrogen-bond acceptors (Lipinski definition) is 0. The molecule has 0 aromatic heterocycles. The van der Waals surface area contributed by atoms with Gasteiger partial charge < -0.3 is 0 Å². The van der Waals surface area contributed by atoms with Crippen LogP contribution in [0.5, 0.6) is 0 Å². The van der Waals surface area contributed by atoms with Crippen molar-refractivity contribution in [1.82, 2.24) is 0 Å². The zero-order chi connectivity index (χ0) is 11.7. The monoisotopic (exact) mass is 258 g/mol. The smallest absolute Gasteiger partial charge is 0.124 e. The maximum absolute atomic E-state index is 12.9. The molecule has 0 saturated carbocycles. The quantitative estimate of drug-likeness (QED) is 0.680. The minimum atomic E-state index is -0.424. The van der Waals surface area contributed by atoms with E-state index in [4.69, 9.17) is 23.2 Å². The first-order chi connectivity index (χ1) is 7.58. The highest BCUT2D eigenvalue weighted by atomic mass is 35.5. The van der Waals surface area contributed by atoms with Crippen molar-refractivity contribution >= 4 is 23.2 Å². The van der Waals surface area contributed by atoms with Crippen molar-refractivity contribution < 1.29 is 8.78 Å². The lowest BCUT2D eigenvalue weighted by molar-refractivity contribution is 0.627. The molecule has 0 aliphatic heterocycles. The Morgan fingerprint density at radius 3 is 1.38 bits per heavy atom. The SMILES string of the molecule is Fc1ccc(-c2ccc(F)cc2Cl)c(Cl)c1. The normalized spacial score (nSPS) is 10.5. The van der Waals surface area contributed by atoms with Gasteiger partial charge in [0.1, 0.15) is 11.6 Å². The van der Waals surface area contributed by atoms with Gasteiger partial charge in [0, 0.05) is 11.1 Å². The second-order valence-electron chi connectivity index (χ2n) is 3.25. The molecule has 2 aromatic rings. The molecular weight excluding hydrogens is 253 g/mol. The summed E-state index contributed by atoms with van der Waals surface area (Å²) < 4.78 is 25.7. The summed E-state index contributed by atoms with van der Waals surface area (Å²) >= 11 is 11.8. The lowest BCUT2D eigenvalue weighted by Crippen LogP contribution is -1.84. The lowest BCUT2D eigenvalue weighted by atomic mass is 10.1. The number of rotatable bonds is 1. The molecule has 16 heavy (non-hydrogen) atoms. The first-order valence-electron chi connectivity index (χ1n) is 4.48. The van der Waals surface area contributed by atoms with E-state index in [2.05, 4.69) is 0 Å².